The predicted molar refractivity (Wildman–Crippen MR) is 78.3 cm³/mol. The highest BCUT2D eigenvalue weighted by Gasteiger charge is 2.13. The van der Waals surface area contributed by atoms with Gasteiger partial charge in [0, 0.05) is 5.56 Å². The van der Waals surface area contributed by atoms with E-state index in [1.165, 1.54) is 30.4 Å². The maximum absolute atomic E-state index is 8.94. The smallest absolute Gasteiger partial charge is 0.138 e. The number of nitrogens with zero attached hydrogens (tertiary/aromatic N) is 2. The molecule has 1 aliphatic rings. The van der Waals surface area contributed by atoms with Crippen LogP contribution >= 0.6 is 0 Å². The summed E-state index contributed by atoms with van der Waals surface area (Å²) in [5.74, 6) is 0.879. The van der Waals surface area contributed by atoms with Crippen LogP contribution in [-0.4, -0.2) is 9.97 Å². The fraction of sp³-hybridized carbons (Fsp3) is 0.176. The molecule has 4 rings (SSSR count). The van der Waals surface area contributed by atoms with Crippen LogP contribution < -0.4 is 0 Å². The highest BCUT2D eigenvalue weighted by molar-refractivity contribution is 5.80. The van der Waals surface area contributed by atoms with Crippen LogP contribution in [0.3, 0.4) is 0 Å². The molecule has 0 saturated heterocycles. The summed E-state index contributed by atoms with van der Waals surface area (Å²) in [5, 5.41) is 8.94. The number of hydrogen-bond acceptors (Lipinski definition) is 2. The van der Waals surface area contributed by atoms with Crippen molar-refractivity contribution in [2.45, 2.75) is 19.3 Å². The van der Waals surface area contributed by atoms with Crippen LogP contribution in [0.2, 0.25) is 0 Å². The summed E-state index contributed by atoms with van der Waals surface area (Å²) >= 11 is 0. The molecule has 0 fully saturated rings. The maximum atomic E-state index is 8.94. The Morgan fingerprint density at radius 3 is 2.85 bits per heavy atom. The second-order valence-electron chi connectivity index (χ2n) is 5.27. The molecule has 3 heteroatoms. The Kier molecular flexibility index (Phi) is 2.37. The number of nitriles is 1. The second kappa shape index (κ2) is 4.21. The Morgan fingerprint density at radius 2 is 1.95 bits per heavy atom. The summed E-state index contributed by atoms with van der Waals surface area (Å²) in [7, 11) is 0. The van der Waals surface area contributed by atoms with Crippen LogP contribution in [0.1, 0.15) is 23.1 Å². The van der Waals surface area contributed by atoms with Crippen LogP contribution in [0.25, 0.3) is 22.4 Å². The molecule has 2 aromatic carbocycles. The topological polar surface area (TPSA) is 52.5 Å². The van der Waals surface area contributed by atoms with Crippen LogP contribution in [0.4, 0.5) is 0 Å². The van der Waals surface area contributed by atoms with Gasteiger partial charge in [-0.3, -0.25) is 0 Å². The number of aromatic nitrogens is 2. The highest BCUT2D eigenvalue weighted by atomic mass is 14.9. The molecule has 0 spiro atoms. The minimum absolute atomic E-state index is 0.654. The normalized spacial score (nSPS) is 13.3. The number of benzene rings is 2. The fourth-order valence-corrected chi connectivity index (χ4v) is 2.94. The molecule has 1 N–H and O–H groups in total. The van der Waals surface area contributed by atoms with E-state index in [4.69, 9.17) is 5.26 Å². The van der Waals surface area contributed by atoms with Gasteiger partial charge >= 0.3 is 0 Å². The van der Waals surface area contributed by atoms with Crippen molar-refractivity contribution in [2.75, 3.05) is 0 Å². The lowest BCUT2D eigenvalue weighted by molar-refractivity contribution is 0.912. The number of fused-ring (bicyclic) bond motifs is 2. The Balaban J connectivity index is 1.84. The monoisotopic (exact) mass is 259 g/mol. The average Bonchev–Trinajstić information content (AvgIpc) is 3.11. The average molecular weight is 259 g/mol. The van der Waals surface area contributed by atoms with Crippen molar-refractivity contribution >= 4 is 11.0 Å². The molecule has 0 amide bonds. The maximum Gasteiger partial charge on any atom is 0.138 e. The van der Waals surface area contributed by atoms with Gasteiger partial charge in [-0.25, -0.2) is 4.98 Å². The van der Waals surface area contributed by atoms with Crippen molar-refractivity contribution in [1.82, 2.24) is 9.97 Å². The van der Waals surface area contributed by atoms with E-state index in [9.17, 15) is 0 Å². The summed E-state index contributed by atoms with van der Waals surface area (Å²) in [5.41, 5.74) is 6.51. The Morgan fingerprint density at radius 1 is 1.05 bits per heavy atom. The predicted octanol–water partition coefficient (Wildman–Crippen LogP) is 3.59. The molecule has 1 aromatic heterocycles. The van der Waals surface area contributed by atoms with Gasteiger partial charge < -0.3 is 4.98 Å². The van der Waals surface area contributed by atoms with Crippen molar-refractivity contribution < 1.29 is 0 Å². The molecule has 0 saturated carbocycles. The number of aromatic amines is 1. The zero-order valence-corrected chi connectivity index (χ0v) is 11.0. The molecular weight excluding hydrogens is 246 g/mol. The van der Waals surface area contributed by atoms with E-state index in [1.807, 2.05) is 12.1 Å². The van der Waals surface area contributed by atoms with Gasteiger partial charge in [0.1, 0.15) is 5.82 Å². The number of imidazole rings is 1. The summed E-state index contributed by atoms with van der Waals surface area (Å²) in [6, 6.07) is 14.3. The van der Waals surface area contributed by atoms with Gasteiger partial charge in [0.2, 0.25) is 0 Å². The standard InChI is InChI=1S/C17H13N3/c18-10-11-4-7-15-16(8-11)20-17(19-15)14-6-5-12-2-1-3-13(12)9-14/h4-9H,1-3H2,(H,19,20). The molecule has 0 radical (unpaired) electrons. The van der Waals surface area contributed by atoms with E-state index in [0.717, 1.165) is 22.4 Å². The minimum atomic E-state index is 0.654. The fourth-order valence-electron chi connectivity index (χ4n) is 2.94. The first-order valence-electron chi connectivity index (χ1n) is 6.85. The molecule has 20 heavy (non-hydrogen) atoms. The summed E-state index contributed by atoms with van der Waals surface area (Å²) in [6.07, 6.45) is 3.62. The van der Waals surface area contributed by atoms with Gasteiger partial charge in [-0.05, 0) is 54.7 Å². The summed E-state index contributed by atoms with van der Waals surface area (Å²) < 4.78 is 0. The Labute approximate surface area is 116 Å². The molecule has 3 aromatic rings. The molecule has 1 heterocycles. The molecule has 0 bridgehead atoms. The number of aryl methyl sites for hydroxylation is 2. The lowest BCUT2D eigenvalue weighted by atomic mass is 10.1. The van der Waals surface area contributed by atoms with Crippen molar-refractivity contribution in [3.05, 3.63) is 53.1 Å². The molecule has 96 valence electrons. The largest absolute Gasteiger partial charge is 0.338 e. The Hall–Kier alpha value is -2.60. The van der Waals surface area contributed by atoms with E-state index in [0.29, 0.717) is 5.56 Å². The second-order valence-corrected chi connectivity index (χ2v) is 5.27. The van der Waals surface area contributed by atoms with E-state index in [1.54, 1.807) is 6.07 Å². The highest BCUT2D eigenvalue weighted by Crippen LogP contribution is 2.28. The molecule has 0 unspecified atom stereocenters. The van der Waals surface area contributed by atoms with Crippen molar-refractivity contribution in [1.29, 1.82) is 5.26 Å². The van der Waals surface area contributed by atoms with E-state index >= 15 is 0 Å². The summed E-state index contributed by atoms with van der Waals surface area (Å²) in [6.45, 7) is 0. The lowest BCUT2D eigenvalue weighted by Crippen LogP contribution is -1.85. The van der Waals surface area contributed by atoms with Crippen LogP contribution in [0.5, 0.6) is 0 Å². The van der Waals surface area contributed by atoms with Gasteiger partial charge in [-0.15, -0.1) is 0 Å². The van der Waals surface area contributed by atoms with Crippen LogP contribution in [-0.2, 0) is 12.8 Å². The van der Waals surface area contributed by atoms with Gasteiger partial charge in [0.15, 0.2) is 0 Å². The number of hydrogen-bond donors (Lipinski definition) is 1. The van der Waals surface area contributed by atoms with Gasteiger partial charge in [-0.1, -0.05) is 12.1 Å². The van der Waals surface area contributed by atoms with Gasteiger partial charge in [0.05, 0.1) is 22.7 Å². The third-order valence-electron chi connectivity index (χ3n) is 3.98. The first-order chi connectivity index (χ1) is 9.83. The quantitative estimate of drug-likeness (QED) is 0.726. The van der Waals surface area contributed by atoms with Gasteiger partial charge in [-0.2, -0.15) is 5.26 Å². The number of nitrogens with one attached hydrogen (secondary N) is 1. The molecule has 0 atom stereocenters. The van der Waals surface area contributed by atoms with E-state index in [-0.39, 0.29) is 0 Å². The van der Waals surface area contributed by atoms with Crippen molar-refractivity contribution in [3.8, 4) is 17.5 Å². The zero-order valence-electron chi connectivity index (χ0n) is 11.0. The summed E-state index contributed by atoms with van der Waals surface area (Å²) in [4.78, 5) is 7.93. The number of H-pyrrole nitrogens is 1. The molecular formula is C17H13N3. The van der Waals surface area contributed by atoms with Gasteiger partial charge in [0.25, 0.3) is 0 Å². The minimum Gasteiger partial charge on any atom is -0.338 e. The Bertz CT molecular complexity index is 852. The lowest BCUT2D eigenvalue weighted by Gasteiger charge is -2.01. The van der Waals surface area contributed by atoms with Crippen LogP contribution in [0.15, 0.2) is 36.4 Å². The number of rotatable bonds is 1. The molecule has 0 aliphatic heterocycles. The van der Waals surface area contributed by atoms with Crippen molar-refractivity contribution in [2.24, 2.45) is 0 Å². The van der Waals surface area contributed by atoms with E-state index < -0.39 is 0 Å². The first kappa shape index (κ1) is 11.2. The van der Waals surface area contributed by atoms with Crippen molar-refractivity contribution in [3.63, 3.8) is 0 Å². The third kappa shape index (κ3) is 1.70. The first-order valence-corrected chi connectivity index (χ1v) is 6.85. The molecule has 1 aliphatic carbocycles. The third-order valence-corrected chi connectivity index (χ3v) is 3.98. The zero-order chi connectivity index (χ0) is 13.5. The molecule has 3 nitrogen and oxygen atoms in total. The SMILES string of the molecule is N#Cc1ccc2nc(-c3ccc4c(c3)CCC4)[nH]c2c1. The van der Waals surface area contributed by atoms with Crippen LogP contribution in [0, 0.1) is 11.3 Å². The van der Waals surface area contributed by atoms with E-state index in [2.05, 4.69) is 34.2 Å².